The van der Waals surface area contributed by atoms with Gasteiger partial charge in [-0.05, 0) is 38.8 Å². The van der Waals surface area contributed by atoms with Gasteiger partial charge in [0.2, 0.25) is 0 Å². The molecule has 0 aromatic heterocycles. The second kappa shape index (κ2) is 6.24. The van der Waals surface area contributed by atoms with Crippen molar-refractivity contribution in [1.82, 2.24) is 0 Å². The summed E-state index contributed by atoms with van der Waals surface area (Å²) in [6.45, 7) is 7.18. The van der Waals surface area contributed by atoms with E-state index < -0.39 is 17.4 Å². The Morgan fingerprint density at radius 3 is 1.62 bits per heavy atom. The molecule has 5 heteroatoms. The van der Waals surface area contributed by atoms with E-state index in [1.807, 2.05) is 20.8 Å². The molecule has 0 bridgehead atoms. The number of methoxy groups -OCH3 is 2. The number of rotatable bonds is 4. The van der Waals surface area contributed by atoms with E-state index in [0.717, 1.165) is 16.7 Å². The van der Waals surface area contributed by atoms with Crippen LogP contribution in [0.15, 0.2) is 22.3 Å². The van der Waals surface area contributed by atoms with Gasteiger partial charge in [-0.2, -0.15) is 0 Å². The summed E-state index contributed by atoms with van der Waals surface area (Å²) in [7, 11) is 2.46. The normalized spacial score (nSPS) is 16.5. The van der Waals surface area contributed by atoms with Crippen molar-refractivity contribution in [2.45, 2.75) is 40.5 Å². The zero-order valence-electron chi connectivity index (χ0n) is 13.5. The molecule has 0 N–H and O–H groups in total. The molecule has 1 rings (SSSR count). The molecule has 0 fully saturated rings. The molecule has 0 unspecified atom stereocenters. The lowest BCUT2D eigenvalue weighted by Crippen LogP contribution is -2.39. The van der Waals surface area contributed by atoms with Gasteiger partial charge < -0.3 is 9.47 Å². The third-order valence-corrected chi connectivity index (χ3v) is 4.10. The lowest BCUT2D eigenvalue weighted by molar-refractivity contribution is -0.168. The first-order chi connectivity index (χ1) is 9.71. The Hall–Kier alpha value is -1.91. The molecule has 21 heavy (non-hydrogen) atoms. The molecule has 0 aromatic carbocycles. The fourth-order valence-corrected chi connectivity index (χ4v) is 2.64. The second-order valence-corrected chi connectivity index (χ2v) is 5.56. The minimum Gasteiger partial charge on any atom is -0.468 e. The zero-order chi connectivity index (χ0) is 16.4. The molecule has 0 spiro atoms. The molecule has 0 heterocycles. The first kappa shape index (κ1) is 17.1. The zero-order valence-corrected chi connectivity index (χ0v) is 13.5. The largest absolute Gasteiger partial charge is 0.468 e. The predicted molar refractivity (Wildman–Crippen MR) is 77.5 cm³/mol. The Balaban J connectivity index is 3.42. The Morgan fingerprint density at radius 2 is 1.29 bits per heavy atom. The van der Waals surface area contributed by atoms with Crippen molar-refractivity contribution in [3.05, 3.63) is 22.3 Å². The molecule has 0 atom stereocenters. The Bertz CT molecular complexity index is 531. The number of carbonyl (C=O) groups excluding carboxylic acids is 3. The van der Waals surface area contributed by atoms with Gasteiger partial charge >= 0.3 is 11.9 Å². The van der Waals surface area contributed by atoms with Crippen LogP contribution in [-0.4, -0.2) is 31.9 Å². The molecule has 0 amide bonds. The van der Waals surface area contributed by atoms with Gasteiger partial charge in [0.05, 0.1) is 14.2 Å². The fraction of sp³-hybridized carbons (Fsp3) is 0.562. The highest BCUT2D eigenvalue weighted by molar-refractivity contribution is 6.06. The molecule has 116 valence electrons. The number of ether oxygens (including phenoxy) is 2. The van der Waals surface area contributed by atoms with Crippen molar-refractivity contribution < 1.29 is 23.9 Å². The van der Waals surface area contributed by atoms with E-state index in [0.29, 0.717) is 5.57 Å². The van der Waals surface area contributed by atoms with Crippen LogP contribution in [0.2, 0.25) is 0 Å². The number of hydrogen-bond donors (Lipinski definition) is 0. The van der Waals surface area contributed by atoms with Gasteiger partial charge in [-0.3, -0.25) is 14.4 Å². The lowest BCUT2D eigenvalue weighted by Gasteiger charge is -2.23. The molecule has 1 aliphatic carbocycles. The first-order valence-electron chi connectivity index (χ1n) is 6.75. The number of carbonyl (C=O) groups is 3. The van der Waals surface area contributed by atoms with Crippen LogP contribution in [0.25, 0.3) is 0 Å². The van der Waals surface area contributed by atoms with Crippen molar-refractivity contribution >= 4 is 17.7 Å². The van der Waals surface area contributed by atoms with Crippen molar-refractivity contribution in [3.63, 3.8) is 0 Å². The Morgan fingerprint density at radius 1 is 0.857 bits per heavy atom. The van der Waals surface area contributed by atoms with Crippen LogP contribution < -0.4 is 0 Å². The minimum absolute atomic E-state index is 0.0294. The lowest BCUT2D eigenvalue weighted by atomic mass is 9.82. The van der Waals surface area contributed by atoms with E-state index in [1.165, 1.54) is 21.1 Å². The van der Waals surface area contributed by atoms with Crippen LogP contribution >= 0.6 is 0 Å². The second-order valence-electron chi connectivity index (χ2n) is 5.56. The van der Waals surface area contributed by atoms with Crippen LogP contribution in [0.1, 0.15) is 40.5 Å². The van der Waals surface area contributed by atoms with Crippen LogP contribution in [0.4, 0.5) is 0 Å². The smallest absolute Gasteiger partial charge is 0.323 e. The van der Waals surface area contributed by atoms with Crippen LogP contribution in [0.5, 0.6) is 0 Å². The molecule has 0 aliphatic heterocycles. The van der Waals surface area contributed by atoms with Crippen molar-refractivity contribution in [2.24, 2.45) is 5.41 Å². The van der Waals surface area contributed by atoms with Gasteiger partial charge in [0.1, 0.15) is 0 Å². The Labute approximate surface area is 125 Å². The summed E-state index contributed by atoms with van der Waals surface area (Å²) in [5.41, 5.74) is 1.77. The number of Topliss-reactive ketones (excluding diaryl/α,β-unsaturated/α-hetero) is 1. The van der Waals surface area contributed by atoms with E-state index in [2.05, 4.69) is 0 Å². The third kappa shape index (κ3) is 2.91. The maximum absolute atomic E-state index is 12.2. The molecule has 0 aromatic rings. The summed E-state index contributed by atoms with van der Waals surface area (Å²) < 4.78 is 9.57. The summed E-state index contributed by atoms with van der Waals surface area (Å²) in [5.74, 6) is -1.46. The topological polar surface area (TPSA) is 69.7 Å². The number of hydrogen-bond acceptors (Lipinski definition) is 5. The SMILES string of the molecule is COC(=O)C1(C(=O)OC)CC(C(C)=O)=C(C(C)=C(C)C)C1. The highest BCUT2D eigenvalue weighted by Crippen LogP contribution is 2.47. The third-order valence-electron chi connectivity index (χ3n) is 4.10. The summed E-state index contributed by atoms with van der Waals surface area (Å²) in [4.78, 5) is 36.2. The average molecular weight is 294 g/mol. The van der Waals surface area contributed by atoms with E-state index in [9.17, 15) is 14.4 Å². The molecular weight excluding hydrogens is 272 g/mol. The molecule has 0 saturated carbocycles. The maximum atomic E-state index is 12.2. The molecule has 5 nitrogen and oxygen atoms in total. The monoisotopic (exact) mass is 294 g/mol. The predicted octanol–water partition coefficient (Wildman–Crippen LogP) is 2.35. The first-order valence-corrected chi connectivity index (χ1v) is 6.75. The van der Waals surface area contributed by atoms with Crippen molar-refractivity contribution in [1.29, 1.82) is 0 Å². The minimum atomic E-state index is -1.45. The van der Waals surface area contributed by atoms with Gasteiger partial charge in [-0.1, -0.05) is 5.57 Å². The summed E-state index contributed by atoms with van der Waals surface area (Å²) in [6.07, 6.45) is 0.167. The molecule has 1 aliphatic rings. The number of allylic oxidation sites excluding steroid dienone is 4. The fourth-order valence-electron chi connectivity index (χ4n) is 2.64. The van der Waals surface area contributed by atoms with Gasteiger partial charge in [-0.15, -0.1) is 0 Å². The Kier molecular flexibility index (Phi) is 5.10. The quantitative estimate of drug-likeness (QED) is 0.588. The summed E-state index contributed by atoms with van der Waals surface area (Å²) in [6, 6.07) is 0. The summed E-state index contributed by atoms with van der Waals surface area (Å²) in [5, 5.41) is 0. The molecule has 0 radical (unpaired) electrons. The van der Waals surface area contributed by atoms with Crippen LogP contribution in [-0.2, 0) is 23.9 Å². The summed E-state index contributed by atoms with van der Waals surface area (Å²) >= 11 is 0. The molecule has 0 saturated heterocycles. The van der Waals surface area contributed by atoms with Crippen molar-refractivity contribution in [2.75, 3.05) is 14.2 Å². The van der Waals surface area contributed by atoms with Gasteiger partial charge in [0.25, 0.3) is 0 Å². The van der Waals surface area contributed by atoms with E-state index >= 15 is 0 Å². The van der Waals surface area contributed by atoms with Gasteiger partial charge in [0, 0.05) is 18.4 Å². The van der Waals surface area contributed by atoms with Crippen LogP contribution in [0, 0.1) is 5.41 Å². The highest BCUT2D eigenvalue weighted by Gasteiger charge is 2.54. The van der Waals surface area contributed by atoms with Gasteiger partial charge in [0.15, 0.2) is 11.2 Å². The number of ketones is 1. The van der Waals surface area contributed by atoms with Crippen LogP contribution in [0.3, 0.4) is 0 Å². The van der Waals surface area contributed by atoms with Crippen molar-refractivity contribution in [3.8, 4) is 0 Å². The molecular formula is C16H22O5. The van der Waals surface area contributed by atoms with E-state index in [4.69, 9.17) is 9.47 Å². The average Bonchev–Trinajstić information content (AvgIpc) is 2.86. The maximum Gasteiger partial charge on any atom is 0.323 e. The standard InChI is InChI=1S/C16H22O5/c1-9(2)10(3)12-7-16(14(18)20-5,15(19)21-6)8-13(12)11(4)17/h7-8H2,1-6H3. The van der Waals surface area contributed by atoms with Gasteiger partial charge in [-0.25, -0.2) is 0 Å². The highest BCUT2D eigenvalue weighted by atomic mass is 16.5. The van der Waals surface area contributed by atoms with E-state index in [-0.39, 0.29) is 18.6 Å². The number of esters is 2. The van der Waals surface area contributed by atoms with E-state index in [1.54, 1.807) is 0 Å².